The molecule has 0 bridgehead atoms. The van der Waals surface area contributed by atoms with Gasteiger partial charge < -0.3 is 0 Å². The molecule has 4 heterocycles. The number of pyridine rings is 1. The maximum absolute atomic E-state index is 13.6. The number of hydrogen-bond acceptors (Lipinski definition) is 3. The van der Waals surface area contributed by atoms with Crippen LogP contribution in [0.1, 0.15) is 31.9 Å². The normalized spacial score (nSPS) is 19.6. The summed E-state index contributed by atoms with van der Waals surface area (Å²) in [6.45, 7) is 4.57. The van der Waals surface area contributed by atoms with Gasteiger partial charge in [-0.2, -0.15) is 5.10 Å². The van der Waals surface area contributed by atoms with Crippen molar-refractivity contribution in [3.05, 3.63) is 65.9 Å². The highest BCUT2D eigenvalue weighted by molar-refractivity contribution is 5.90. The molecule has 5 rings (SSSR count). The predicted octanol–water partition coefficient (Wildman–Crippen LogP) is 4.93. The Hall–Kier alpha value is -2.79. The number of benzene rings is 1. The fourth-order valence-electron chi connectivity index (χ4n) is 5.01. The van der Waals surface area contributed by atoms with Crippen molar-refractivity contribution >= 4 is 5.57 Å². The van der Waals surface area contributed by atoms with E-state index < -0.39 is 0 Å². The molecule has 1 saturated heterocycles. The number of aryl methyl sites for hydroxylation is 1. The summed E-state index contributed by atoms with van der Waals surface area (Å²) in [4.78, 5) is 6.80. The van der Waals surface area contributed by atoms with Gasteiger partial charge in [0.15, 0.2) is 0 Å². The van der Waals surface area contributed by atoms with E-state index in [1.807, 2.05) is 48.4 Å². The lowest BCUT2D eigenvalue weighted by molar-refractivity contribution is 0.276. The molecule has 0 amide bonds. The van der Waals surface area contributed by atoms with Crippen LogP contribution in [0.3, 0.4) is 0 Å². The van der Waals surface area contributed by atoms with Crippen LogP contribution in [-0.2, 0) is 7.05 Å². The first-order valence-corrected chi connectivity index (χ1v) is 10.3. The molecular formula is C24H25FN4. The molecule has 4 nitrogen and oxygen atoms in total. The molecule has 1 atom stereocenters. The van der Waals surface area contributed by atoms with E-state index in [0.29, 0.717) is 6.04 Å². The smallest absolute Gasteiger partial charge is 0.123 e. The van der Waals surface area contributed by atoms with E-state index >= 15 is 0 Å². The lowest BCUT2D eigenvalue weighted by atomic mass is 9.88. The van der Waals surface area contributed by atoms with Crippen molar-refractivity contribution in [3.63, 3.8) is 0 Å². The SMILES string of the molecule is CC1=C(c2nn(C)c(-c3ccc(F)cc3)c2-c2ccncc2)CCN2CCCC12. The maximum atomic E-state index is 13.6. The Morgan fingerprint density at radius 1 is 1.00 bits per heavy atom. The van der Waals surface area contributed by atoms with Gasteiger partial charge in [0.2, 0.25) is 0 Å². The van der Waals surface area contributed by atoms with Crippen molar-refractivity contribution in [2.75, 3.05) is 13.1 Å². The van der Waals surface area contributed by atoms with Crippen LogP contribution in [0.5, 0.6) is 0 Å². The first-order chi connectivity index (χ1) is 14.1. The zero-order valence-electron chi connectivity index (χ0n) is 16.9. The van der Waals surface area contributed by atoms with Gasteiger partial charge in [-0.25, -0.2) is 4.39 Å². The molecule has 1 aromatic carbocycles. The highest BCUT2D eigenvalue weighted by Crippen LogP contribution is 2.42. The Balaban J connectivity index is 1.73. The van der Waals surface area contributed by atoms with Crippen molar-refractivity contribution in [1.29, 1.82) is 0 Å². The molecule has 0 radical (unpaired) electrons. The molecule has 0 spiro atoms. The Labute approximate surface area is 170 Å². The standard InChI is InChI=1S/C24H25FN4/c1-16-20(11-15-29-14-3-4-21(16)29)23-22(17-9-12-26-13-10-17)24(28(2)27-23)18-5-7-19(25)8-6-18/h5-10,12-13,21H,3-4,11,14-15H2,1-2H3. The van der Waals surface area contributed by atoms with Crippen LogP contribution in [0.25, 0.3) is 28.0 Å². The molecule has 1 fully saturated rings. The van der Waals surface area contributed by atoms with E-state index in [1.165, 1.54) is 42.7 Å². The monoisotopic (exact) mass is 388 g/mol. The summed E-state index contributed by atoms with van der Waals surface area (Å²) >= 11 is 0. The summed E-state index contributed by atoms with van der Waals surface area (Å²) in [7, 11) is 1.98. The Morgan fingerprint density at radius 2 is 1.76 bits per heavy atom. The Kier molecular flexibility index (Phi) is 4.55. The Bertz CT molecular complexity index is 1070. The quantitative estimate of drug-likeness (QED) is 0.638. The average Bonchev–Trinajstić information content (AvgIpc) is 3.35. The van der Waals surface area contributed by atoms with E-state index in [2.05, 4.69) is 16.8 Å². The molecule has 3 aromatic rings. The number of halogens is 1. The van der Waals surface area contributed by atoms with Crippen LogP contribution >= 0.6 is 0 Å². The van der Waals surface area contributed by atoms with E-state index in [0.717, 1.165) is 41.0 Å². The van der Waals surface area contributed by atoms with Gasteiger partial charge in [0, 0.05) is 43.2 Å². The lowest BCUT2D eigenvalue weighted by Crippen LogP contribution is -2.35. The van der Waals surface area contributed by atoms with Gasteiger partial charge in [-0.05, 0) is 80.3 Å². The third-order valence-corrected chi connectivity index (χ3v) is 6.41. The number of aromatic nitrogens is 3. The summed E-state index contributed by atoms with van der Waals surface area (Å²) < 4.78 is 15.5. The van der Waals surface area contributed by atoms with E-state index in [-0.39, 0.29) is 5.82 Å². The van der Waals surface area contributed by atoms with Crippen LogP contribution in [0, 0.1) is 5.82 Å². The number of rotatable bonds is 3. The predicted molar refractivity (Wildman–Crippen MR) is 114 cm³/mol. The van der Waals surface area contributed by atoms with Crippen LogP contribution in [0.4, 0.5) is 4.39 Å². The zero-order chi connectivity index (χ0) is 20.0. The highest BCUT2D eigenvalue weighted by Gasteiger charge is 2.33. The molecular weight excluding hydrogens is 363 g/mol. The van der Waals surface area contributed by atoms with Crippen molar-refractivity contribution in [2.45, 2.75) is 32.2 Å². The van der Waals surface area contributed by atoms with Crippen LogP contribution < -0.4 is 0 Å². The van der Waals surface area contributed by atoms with Gasteiger partial charge in [-0.15, -0.1) is 0 Å². The topological polar surface area (TPSA) is 34.0 Å². The molecule has 2 aromatic heterocycles. The molecule has 148 valence electrons. The first-order valence-electron chi connectivity index (χ1n) is 10.3. The van der Waals surface area contributed by atoms with Gasteiger partial charge in [-0.1, -0.05) is 5.57 Å². The van der Waals surface area contributed by atoms with Gasteiger partial charge in [0.25, 0.3) is 0 Å². The Morgan fingerprint density at radius 3 is 2.52 bits per heavy atom. The van der Waals surface area contributed by atoms with E-state index in [4.69, 9.17) is 5.10 Å². The van der Waals surface area contributed by atoms with Crippen LogP contribution in [-0.4, -0.2) is 38.8 Å². The number of nitrogens with zero attached hydrogens (tertiary/aromatic N) is 4. The van der Waals surface area contributed by atoms with Crippen molar-refractivity contribution in [1.82, 2.24) is 19.7 Å². The minimum atomic E-state index is -0.228. The minimum Gasteiger partial charge on any atom is -0.296 e. The third kappa shape index (κ3) is 3.10. The van der Waals surface area contributed by atoms with Crippen molar-refractivity contribution in [2.24, 2.45) is 7.05 Å². The fourth-order valence-corrected chi connectivity index (χ4v) is 5.01. The molecule has 0 aliphatic carbocycles. The summed E-state index contributed by atoms with van der Waals surface area (Å²) in [5, 5.41) is 5.00. The average molecular weight is 388 g/mol. The molecule has 2 aliphatic heterocycles. The summed E-state index contributed by atoms with van der Waals surface area (Å²) in [6, 6.07) is 11.3. The van der Waals surface area contributed by atoms with E-state index in [9.17, 15) is 4.39 Å². The van der Waals surface area contributed by atoms with Crippen molar-refractivity contribution in [3.8, 4) is 22.4 Å². The summed E-state index contributed by atoms with van der Waals surface area (Å²) in [5.74, 6) is -0.228. The molecule has 0 N–H and O–H groups in total. The summed E-state index contributed by atoms with van der Waals surface area (Å²) in [6.07, 6.45) is 7.16. The number of fused-ring (bicyclic) bond motifs is 1. The molecule has 1 unspecified atom stereocenters. The van der Waals surface area contributed by atoms with Gasteiger partial charge in [0.05, 0.1) is 11.4 Å². The van der Waals surface area contributed by atoms with E-state index in [1.54, 1.807) is 0 Å². The summed E-state index contributed by atoms with van der Waals surface area (Å²) in [5.41, 5.74) is 8.06. The first kappa shape index (κ1) is 18.3. The van der Waals surface area contributed by atoms with Gasteiger partial charge >= 0.3 is 0 Å². The third-order valence-electron chi connectivity index (χ3n) is 6.41. The van der Waals surface area contributed by atoms with Crippen molar-refractivity contribution < 1.29 is 4.39 Å². The fraction of sp³-hybridized carbons (Fsp3) is 0.333. The maximum Gasteiger partial charge on any atom is 0.123 e. The highest BCUT2D eigenvalue weighted by atomic mass is 19.1. The minimum absolute atomic E-state index is 0.228. The molecule has 2 aliphatic rings. The second kappa shape index (κ2) is 7.23. The zero-order valence-corrected chi connectivity index (χ0v) is 16.9. The lowest BCUT2D eigenvalue weighted by Gasteiger charge is -2.32. The largest absolute Gasteiger partial charge is 0.296 e. The van der Waals surface area contributed by atoms with Gasteiger partial charge in [0.1, 0.15) is 5.82 Å². The molecule has 0 saturated carbocycles. The molecule has 5 heteroatoms. The number of hydrogen-bond donors (Lipinski definition) is 0. The van der Waals surface area contributed by atoms with Crippen LogP contribution in [0.2, 0.25) is 0 Å². The van der Waals surface area contributed by atoms with Gasteiger partial charge in [-0.3, -0.25) is 14.6 Å². The second-order valence-electron chi connectivity index (χ2n) is 8.04. The molecule has 29 heavy (non-hydrogen) atoms. The second-order valence-corrected chi connectivity index (χ2v) is 8.04. The van der Waals surface area contributed by atoms with Crippen LogP contribution in [0.15, 0.2) is 54.4 Å².